The van der Waals surface area contributed by atoms with E-state index in [4.69, 9.17) is 23.1 Å². The van der Waals surface area contributed by atoms with Crippen LogP contribution in [-0.4, -0.2) is 18.5 Å². The fourth-order valence-electron chi connectivity index (χ4n) is 1.48. The van der Waals surface area contributed by atoms with Gasteiger partial charge in [-0.3, -0.25) is 4.72 Å². The van der Waals surface area contributed by atoms with Crippen LogP contribution in [0.3, 0.4) is 0 Å². The fourth-order valence-corrected chi connectivity index (χ4v) is 3.89. The predicted octanol–water partition coefficient (Wildman–Crippen LogP) is 1.68. The van der Waals surface area contributed by atoms with Crippen LogP contribution < -0.4 is 10.5 Å². The first-order chi connectivity index (χ1) is 9.42. The predicted molar refractivity (Wildman–Crippen MR) is 83.4 cm³/mol. The highest BCUT2D eigenvalue weighted by Gasteiger charge is 2.17. The fraction of sp³-hybridized carbons (Fsp3) is 0.0833. The molecule has 0 fully saturated rings. The lowest BCUT2D eigenvalue weighted by Crippen LogP contribution is -2.11. The van der Waals surface area contributed by atoms with Gasteiger partial charge in [-0.15, -0.1) is 11.3 Å². The van der Waals surface area contributed by atoms with E-state index in [1.807, 2.05) is 0 Å². The van der Waals surface area contributed by atoms with Crippen LogP contribution in [0.15, 0.2) is 40.6 Å². The molecule has 0 saturated heterocycles. The lowest BCUT2D eigenvalue weighted by atomic mass is 10.2. The molecule has 0 saturated carbocycles. The van der Waals surface area contributed by atoms with Gasteiger partial charge in [-0.2, -0.15) is 0 Å². The Morgan fingerprint density at radius 1 is 1.25 bits per heavy atom. The first-order valence-corrected chi connectivity index (χ1v) is 8.25. The molecule has 2 aromatic rings. The molecular formula is C12H12N2O3S3. The average Bonchev–Trinajstić information content (AvgIpc) is 2.90. The van der Waals surface area contributed by atoms with E-state index in [-0.39, 0.29) is 15.8 Å². The van der Waals surface area contributed by atoms with Gasteiger partial charge in [0.25, 0.3) is 10.0 Å². The van der Waals surface area contributed by atoms with Gasteiger partial charge in [-0.1, -0.05) is 24.4 Å². The molecule has 20 heavy (non-hydrogen) atoms. The van der Waals surface area contributed by atoms with E-state index in [1.165, 1.54) is 6.07 Å². The summed E-state index contributed by atoms with van der Waals surface area (Å²) in [4.78, 5) is 0.722. The summed E-state index contributed by atoms with van der Waals surface area (Å²) in [6.45, 7) is -0.0880. The van der Waals surface area contributed by atoms with Crippen LogP contribution in [0.2, 0.25) is 0 Å². The van der Waals surface area contributed by atoms with E-state index < -0.39 is 10.0 Å². The molecule has 5 nitrogen and oxygen atoms in total. The topological polar surface area (TPSA) is 92.4 Å². The number of hydrogen-bond acceptors (Lipinski definition) is 5. The summed E-state index contributed by atoms with van der Waals surface area (Å²) in [5, 5.41) is 8.93. The second-order valence-corrected chi connectivity index (χ2v) is 7.38. The Labute approximate surface area is 126 Å². The number of sulfonamides is 1. The minimum absolute atomic E-state index is 0.0880. The van der Waals surface area contributed by atoms with Crippen molar-refractivity contribution in [1.29, 1.82) is 0 Å². The van der Waals surface area contributed by atoms with Gasteiger partial charge in [0, 0.05) is 5.69 Å². The van der Waals surface area contributed by atoms with Crippen LogP contribution in [0, 0.1) is 0 Å². The van der Waals surface area contributed by atoms with E-state index in [9.17, 15) is 8.42 Å². The number of thiocarbonyl (C=S) groups is 1. The SMILES string of the molecule is NC(=S)c1ccc(S(=O)(=O)Nc2ccc(CO)cc2)s1. The van der Waals surface area contributed by atoms with Gasteiger partial charge in [0.15, 0.2) is 0 Å². The quantitative estimate of drug-likeness (QED) is 0.726. The maximum atomic E-state index is 12.2. The zero-order valence-electron chi connectivity index (χ0n) is 10.2. The Morgan fingerprint density at radius 2 is 1.90 bits per heavy atom. The zero-order valence-corrected chi connectivity index (χ0v) is 12.7. The van der Waals surface area contributed by atoms with Gasteiger partial charge in [0.1, 0.15) is 9.20 Å². The Bertz CT molecular complexity index is 721. The molecule has 8 heteroatoms. The highest BCUT2D eigenvalue weighted by molar-refractivity contribution is 7.94. The molecule has 0 radical (unpaired) electrons. The Kier molecular flexibility index (Phi) is 4.39. The van der Waals surface area contributed by atoms with Crippen molar-refractivity contribution in [2.24, 2.45) is 5.73 Å². The number of rotatable bonds is 5. The van der Waals surface area contributed by atoms with Crippen molar-refractivity contribution >= 4 is 44.3 Å². The lowest BCUT2D eigenvalue weighted by Gasteiger charge is -2.06. The van der Waals surface area contributed by atoms with Crippen LogP contribution in [0.5, 0.6) is 0 Å². The molecule has 0 aliphatic rings. The van der Waals surface area contributed by atoms with E-state index in [0.29, 0.717) is 16.1 Å². The number of aliphatic hydroxyl groups excluding tert-OH is 1. The number of thiophene rings is 1. The first-order valence-electron chi connectivity index (χ1n) is 5.54. The number of benzene rings is 1. The second-order valence-electron chi connectivity index (χ2n) is 3.94. The summed E-state index contributed by atoms with van der Waals surface area (Å²) >= 11 is 5.82. The minimum atomic E-state index is -3.65. The van der Waals surface area contributed by atoms with E-state index in [0.717, 1.165) is 11.3 Å². The summed E-state index contributed by atoms with van der Waals surface area (Å²) < 4.78 is 26.9. The second kappa shape index (κ2) is 5.88. The molecule has 0 aliphatic carbocycles. The van der Waals surface area contributed by atoms with Gasteiger partial charge >= 0.3 is 0 Å². The molecule has 106 valence electrons. The molecule has 4 N–H and O–H groups in total. The maximum Gasteiger partial charge on any atom is 0.271 e. The maximum absolute atomic E-state index is 12.2. The molecule has 0 unspecified atom stereocenters. The Balaban J connectivity index is 2.23. The normalized spacial score (nSPS) is 11.2. The average molecular weight is 328 g/mol. The molecule has 1 aromatic heterocycles. The van der Waals surface area contributed by atoms with Crippen LogP contribution >= 0.6 is 23.6 Å². The van der Waals surface area contributed by atoms with Crippen molar-refractivity contribution in [2.45, 2.75) is 10.8 Å². The van der Waals surface area contributed by atoms with Gasteiger partial charge in [-0.25, -0.2) is 8.42 Å². The zero-order chi connectivity index (χ0) is 14.8. The molecular weight excluding hydrogens is 316 g/mol. The van der Waals surface area contributed by atoms with Crippen LogP contribution in [0.25, 0.3) is 0 Å². The molecule has 0 amide bonds. The number of nitrogens with one attached hydrogen (secondary N) is 1. The van der Waals surface area contributed by atoms with Crippen LogP contribution in [0.1, 0.15) is 10.4 Å². The standard InChI is InChI=1S/C12H12N2O3S3/c13-12(18)10-5-6-11(19-10)20(16,17)14-9-3-1-8(7-15)2-4-9/h1-6,14-15H,7H2,(H2,13,18). The lowest BCUT2D eigenvalue weighted by molar-refractivity contribution is 0.282. The number of anilines is 1. The van der Waals surface area contributed by atoms with Gasteiger partial charge in [-0.05, 0) is 29.8 Å². The van der Waals surface area contributed by atoms with Crippen molar-refractivity contribution in [3.05, 3.63) is 46.8 Å². The number of hydrogen-bond donors (Lipinski definition) is 3. The highest BCUT2D eigenvalue weighted by Crippen LogP contribution is 2.24. The van der Waals surface area contributed by atoms with Crippen molar-refractivity contribution in [3.63, 3.8) is 0 Å². The minimum Gasteiger partial charge on any atom is -0.392 e. The van der Waals surface area contributed by atoms with Crippen LogP contribution in [0.4, 0.5) is 5.69 Å². The molecule has 1 heterocycles. The number of aliphatic hydroxyl groups is 1. The molecule has 0 spiro atoms. The summed E-state index contributed by atoms with van der Waals surface area (Å²) in [7, 11) is -3.65. The largest absolute Gasteiger partial charge is 0.392 e. The highest BCUT2D eigenvalue weighted by atomic mass is 32.2. The molecule has 0 atom stereocenters. The molecule has 2 rings (SSSR count). The smallest absolute Gasteiger partial charge is 0.271 e. The third-order valence-electron chi connectivity index (χ3n) is 2.48. The summed E-state index contributed by atoms with van der Waals surface area (Å²) in [6, 6.07) is 9.51. The van der Waals surface area contributed by atoms with Crippen molar-refractivity contribution in [3.8, 4) is 0 Å². The molecule has 0 bridgehead atoms. The van der Waals surface area contributed by atoms with E-state index in [2.05, 4.69) is 4.72 Å². The monoisotopic (exact) mass is 328 g/mol. The molecule has 0 aliphatic heterocycles. The summed E-state index contributed by atoms with van der Waals surface area (Å²) in [6.07, 6.45) is 0. The van der Waals surface area contributed by atoms with E-state index >= 15 is 0 Å². The van der Waals surface area contributed by atoms with Crippen molar-refractivity contribution in [1.82, 2.24) is 0 Å². The van der Waals surface area contributed by atoms with Gasteiger partial charge < -0.3 is 10.8 Å². The third-order valence-corrected chi connectivity index (χ3v) is 5.82. The van der Waals surface area contributed by atoms with Gasteiger partial charge in [0.05, 0.1) is 11.5 Å². The van der Waals surface area contributed by atoms with Crippen molar-refractivity contribution in [2.75, 3.05) is 4.72 Å². The summed E-state index contributed by atoms with van der Waals surface area (Å²) in [5.74, 6) is 0. The van der Waals surface area contributed by atoms with Crippen LogP contribution in [-0.2, 0) is 16.6 Å². The first kappa shape index (κ1) is 14.9. The van der Waals surface area contributed by atoms with E-state index in [1.54, 1.807) is 30.3 Å². The number of nitrogens with two attached hydrogens (primary N) is 1. The third kappa shape index (κ3) is 3.34. The Hall–Kier alpha value is -1.48. The van der Waals surface area contributed by atoms with Crippen molar-refractivity contribution < 1.29 is 13.5 Å². The molecule has 1 aromatic carbocycles. The summed E-state index contributed by atoms with van der Waals surface area (Å²) in [5.41, 5.74) is 6.59. The van der Waals surface area contributed by atoms with Gasteiger partial charge in [0.2, 0.25) is 0 Å². The Morgan fingerprint density at radius 3 is 2.40 bits per heavy atom.